The van der Waals surface area contributed by atoms with Gasteiger partial charge in [-0.25, -0.2) is 0 Å². The second kappa shape index (κ2) is 5.02. The molecule has 0 saturated heterocycles. The number of hydrogen-bond donors (Lipinski definition) is 2. The molecule has 0 aliphatic carbocycles. The van der Waals surface area contributed by atoms with E-state index in [1.165, 1.54) is 23.0 Å². The summed E-state index contributed by atoms with van der Waals surface area (Å²) in [6.07, 6.45) is 4.03. The first-order valence-corrected chi connectivity index (χ1v) is 7.32. The van der Waals surface area contributed by atoms with Crippen molar-refractivity contribution >= 4 is 17.5 Å². The number of benzene rings is 2. The first-order valence-electron chi connectivity index (χ1n) is 7.32. The van der Waals surface area contributed by atoms with Crippen LogP contribution < -0.4 is 0 Å². The Morgan fingerprint density at radius 3 is 2.36 bits per heavy atom. The molecule has 3 heteroatoms. The fourth-order valence-corrected chi connectivity index (χ4v) is 3.12. The van der Waals surface area contributed by atoms with Crippen LogP contribution in [0.25, 0.3) is 6.08 Å². The number of para-hydroxylation sites is 1. The lowest BCUT2D eigenvalue weighted by Crippen LogP contribution is -2.26. The van der Waals surface area contributed by atoms with Gasteiger partial charge >= 0.3 is 0 Å². The highest BCUT2D eigenvalue weighted by molar-refractivity contribution is 6.05. The molecule has 0 amide bonds. The molecule has 0 saturated carbocycles. The van der Waals surface area contributed by atoms with Gasteiger partial charge in [-0.3, -0.25) is 0 Å². The van der Waals surface area contributed by atoms with E-state index in [0.29, 0.717) is 0 Å². The molecule has 0 radical (unpaired) electrons. The van der Waals surface area contributed by atoms with E-state index < -0.39 is 0 Å². The quantitative estimate of drug-likeness (QED) is 0.653. The maximum atomic E-state index is 9.59. The molecule has 0 fully saturated rings. The van der Waals surface area contributed by atoms with Crippen LogP contribution in [0.5, 0.6) is 11.5 Å². The van der Waals surface area contributed by atoms with E-state index in [0.717, 1.165) is 5.56 Å². The summed E-state index contributed by atoms with van der Waals surface area (Å²) in [4.78, 5) is 0. The molecule has 0 bridgehead atoms. The van der Waals surface area contributed by atoms with Crippen molar-refractivity contribution in [2.24, 2.45) is 0 Å². The van der Waals surface area contributed by atoms with Crippen molar-refractivity contribution in [2.45, 2.75) is 19.3 Å². The third-order valence-electron chi connectivity index (χ3n) is 4.37. The number of fused-ring (bicyclic) bond motifs is 1. The van der Waals surface area contributed by atoms with Crippen molar-refractivity contribution < 1.29 is 14.8 Å². The normalized spacial score (nSPS) is 16.3. The van der Waals surface area contributed by atoms with E-state index in [1.54, 1.807) is 12.1 Å². The van der Waals surface area contributed by atoms with Crippen LogP contribution in [-0.4, -0.2) is 27.5 Å². The van der Waals surface area contributed by atoms with Gasteiger partial charge < -0.3 is 10.2 Å². The Morgan fingerprint density at radius 1 is 0.955 bits per heavy atom. The molecule has 0 atom stereocenters. The fraction of sp³-hybridized carbons (Fsp3) is 0.211. The van der Waals surface area contributed by atoms with E-state index >= 15 is 0 Å². The van der Waals surface area contributed by atoms with Crippen molar-refractivity contribution in [3.63, 3.8) is 0 Å². The third kappa shape index (κ3) is 2.19. The van der Waals surface area contributed by atoms with Gasteiger partial charge in [0, 0.05) is 17.7 Å². The highest BCUT2D eigenvalue weighted by Crippen LogP contribution is 2.39. The van der Waals surface area contributed by atoms with E-state index in [2.05, 4.69) is 55.8 Å². The molecule has 1 aliphatic heterocycles. The predicted molar refractivity (Wildman–Crippen MR) is 89.1 cm³/mol. The number of allylic oxidation sites excluding steroid dienone is 1. The summed E-state index contributed by atoms with van der Waals surface area (Å²) < 4.78 is 2.20. The summed E-state index contributed by atoms with van der Waals surface area (Å²) in [6.45, 7) is 4.42. The lowest BCUT2D eigenvalue weighted by molar-refractivity contribution is -0.401. The van der Waals surface area contributed by atoms with Crippen LogP contribution in [0.15, 0.2) is 48.5 Å². The van der Waals surface area contributed by atoms with E-state index in [1.807, 2.05) is 6.08 Å². The Balaban J connectivity index is 2.00. The molecule has 0 aromatic heterocycles. The van der Waals surface area contributed by atoms with Crippen molar-refractivity contribution in [1.82, 2.24) is 0 Å². The minimum atomic E-state index is -0.102. The Bertz CT molecular complexity index is 801. The van der Waals surface area contributed by atoms with Gasteiger partial charge in [0.25, 0.3) is 0 Å². The summed E-state index contributed by atoms with van der Waals surface area (Å²) in [5, 5.41) is 19.0. The number of hydrogen-bond acceptors (Lipinski definition) is 2. The summed E-state index contributed by atoms with van der Waals surface area (Å²) in [6, 6.07) is 13.2. The molecule has 22 heavy (non-hydrogen) atoms. The molecule has 2 aromatic rings. The largest absolute Gasteiger partial charge is 0.504 e. The molecule has 2 aromatic carbocycles. The van der Waals surface area contributed by atoms with Crippen LogP contribution in [-0.2, 0) is 5.41 Å². The first kappa shape index (κ1) is 14.4. The zero-order chi connectivity index (χ0) is 15.9. The maximum absolute atomic E-state index is 9.59. The average molecular weight is 294 g/mol. The number of aromatic hydroxyl groups is 2. The van der Waals surface area contributed by atoms with Crippen molar-refractivity contribution in [2.75, 3.05) is 7.05 Å². The molecule has 2 N–H and O–H groups in total. The molecular formula is C19H20NO2+. The minimum absolute atomic E-state index is 0.0686. The van der Waals surface area contributed by atoms with Gasteiger partial charge in [0.2, 0.25) is 5.69 Å². The van der Waals surface area contributed by atoms with Gasteiger partial charge in [-0.05, 0) is 37.6 Å². The monoisotopic (exact) mass is 294 g/mol. The average Bonchev–Trinajstić information content (AvgIpc) is 2.69. The number of phenols is 2. The van der Waals surface area contributed by atoms with Crippen molar-refractivity contribution in [1.29, 1.82) is 0 Å². The Kier molecular flexibility index (Phi) is 3.28. The maximum Gasteiger partial charge on any atom is 0.209 e. The molecule has 0 unspecified atom stereocenters. The van der Waals surface area contributed by atoms with Gasteiger partial charge in [0.05, 0.1) is 5.41 Å². The SMILES string of the molecule is C[N+]1=C(/C=C/c2ccc(O)c(O)c2)C(C)(C)c2ccccc21. The Labute approximate surface area is 130 Å². The van der Waals surface area contributed by atoms with Crippen LogP contribution in [0, 0.1) is 0 Å². The molecular weight excluding hydrogens is 274 g/mol. The Morgan fingerprint density at radius 2 is 1.68 bits per heavy atom. The van der Waals surface area contributed by atoms with E-state index in [4.69, 9.17) is 0 Å². The van der Waals surface area contributed by atoms with Gasteiger partial charge in [-0.15, -0.1) is 0 Å². The second-order valence-corrected chi connectivity index (χ2v) is 6.17. The number of nitrogens with zero attached hydrogens (tertiary/aromatic N) is 1. The summed E-state index contributed by atoms with van der Waals surface area (Å²) >= 11 is 0. The summed E-state index contributed by atoms with van der Waals surface area (Å²) in [7, 11) is 2.07. The number of rotatable bonds is 2. The predicted octanol–water partition coefficient (Wildman–Crippen LogP) is 3.82. The fourth-order valence-electron chi connectivity index (χ4n) is 3.12. The van der Waals surface area contributed by atoms with Gasteiger partial charge in [-0.1, -0.05) is 24.3 Å². The number of phenolic OH excluding ortho intramolecular Hbond substituents is 2. The van der Waals surface area contributed by atoms with Crippen LogP contribution in [0.1, 0.15) is 25.0 Å². The third-order valence-corrected chi connectivity index (χ3v) is 4.37. The first-order chi connectivity index (χ1) is 10.4. The van der Waals surface area contributed by atoms with Gasteiger partial charge in [-0.2, -0.15) is 4.58 Å². The van der Waals surface area contributed by atoms with Gasteiger partial charge in [0.1, 0.15) is 7.05 Å². The smallest absolute Gasteiger partial charge is 0.209 e. The zero-order valence-electron chi connectivity index (χ0n) is 13.0. The lowest BCUT2D eigenvalue weighted by Gasteiger charge is -2.15. The van der Waals surface area contributed by atoms with Crippen molar-refractivity contribution in [3.8, 4) is 11.5 Å². The van der Waals surface area contributed by atoms with Crippen LogP contribution in [0.3, 0.4) is 0 Å². The van der Waals surface area contributed by atoms with E-state index in [-0.39, 0.29) is 16.9 Å². The molecule has 0 spiro atoms. The highest BCUT2D eigenvalue weighted by atomic mass is 16.3. The lowest BCUT2D eigenvalue weighted by atomic mass is 9.81. The van der Waals surface area contributed by atoms with Gasteiger partial charge in [0.15, 0.2) is 17.2 Å². The van der Waals surface area contributed by atoms with Crippen LogP contribution in [0.4, 0.5) is 5.69 Å². The molecule has 3 nitrogen and oxygen atoms in total. The minimum Gasteiger partial charge on any atom is -0.504 e. The molecule has 112 valence electrons. The van der Waals surface area contributed by atoms with Crippen LogP contribution in [0.2, 0.25) is 0 Å². The van der Waals surface area contributed by atoms with Crippen LogP contribution >= 0.6 is 0 Å². The molecule has 3 rings (SSSR count). The summed E-state index contributed by atoms with van der Waals surface area (Å²) in [5.41, 5.74) is 4.51. The van der Waals surface area contributed by atoms with E-state index in [9.17, 15) is 10.2 Å². The Hall–Kier alpha value is -2.55. The second-order valence-electron chi connectivity index (χ2n) is 6.17. The molecule has 1 heterocycles. The zero-order valence-corrected chi connectivity index (χ0v) is 13.0. The molecule has 1 aliphatic rings. The standard InChI is InChI=1S/C19H19NO2/c1-19(2)14-6-4-5-7-15(14)20(3)18(19)11-9-13-8-10-16(21)17(22)12-13/h4-12,22H,1-3H3/p+1. The topological polar surface area (TPSA) is 43.5 Å². The highest BCUT2D eigenvalue weighted by Gasteiger charge is 2.42. The van der Waals surface area contributed by atoms with Crippen molar-refractivity contribution in [3.05, 3.63) is 59.7 Å². The summed E-state index contributed by atoms with van der Waals surface area (Å²) in [5.74, 6) is -0.204.